The summed E-state index contributed by atoms with van der Waals surface area (Å²) in [5.74, 6) is 1.57. The van der Waals surface area contributed by atoms with Crippen LogP contribution in [0.5, 0.6) is 11.5 Å². The number of methoxy groups -OCH3 is 2. The Kier molecular flexibility index (Phi) is 4.99. The first-order chi connectivity index (χ1) is 9.63. The maximum Gasteiger partial charge on any atom is 0.124 e. The number of hydrogen-bond donors (Lipinski definition) is 1. The Morgan fingerprint density at radius 3 is 2.50 bits per heavy atom. The average Bonchev–Trinajstić information content (AvgIpc) is 2.47. The Labute approximate surface area is 128 Å². The largest absolute Gasteiger partial charge is 0.497 e. The molecule has 2 aromatic rings. The highest BCUT2D eigenvalue weighted by atomic mass is 35.5. The van der Waals surface area contributed by atoms with Gasteiger partial charge in [-0.2, -0.15) is 0 Å². The molecule has 0 saturated heterocycles. The van der Waals surface area contributed by atoms with Gasteiger partial charge in [0, 0.05) is 17.1 Å². The smallest absolute Gasteiger partial charge is 0.124 e. The molecule has 0 amide bonds. The summed E-state index contributed by atoms with van der Waals surface area (Å²) >= 11 is 12.1. The van der Waals surface area contributed by atoms with Gasteiger partial charge in [0.05, 0.1) is 24.9 Å². The number of halogens is 2. The highest BCUT2D eigenvalue weighted by Gasteiger charge is 2.07. The SMILES string of the molecule is COc1ccc(OC)c(CNc2cc(Cl)ccc2Cl)c1. The van der Waals surface area contributed by atoms with Crippen LogP contribution in [0.2, 0.25) is 10.0 Å². The van der Waals surface area contributed by atoms with Crippen LogP contribution in [-0.2, 0) is 6.54 Å². The number of rotatable bonds is 5. The molecule has 0 unspecified atom stereocenters. The third-order valence-corrected chi connectivity index (χ3v) is 3.45. The van der Waals surface area contributed by atoms with Crippen LogP contribution in [0.15, 0.2) is 36.4 Å². The van der Waals surface area contributed by atoms with Gasteiger partial charge >= 0.3 is 0 Å². The van der Waals surface area contributed by atoms with Crippen molar-refractivity contribution in [3.8, 4) is 11.5 Å². The second-order valence-corrected chi connectivity index (χ2v) is 5.00. The lowest BCUT2D eigenvalue weighted by Crippen LogP contribution is -2.02. The Morgan fingerprint density at radius 2 is 1.80 bits per heavy atom. The van der Waals surface area contributed by atoms with Gasteiger partial charge in [-0.05, 0) is 36.4 Å². The molecule has 0 aromatic heterocycles. The van der Waals surface area contributed by atoms with Crippen LogP contribution in [0.3, 0.4) is 0 Å². The van der Waals surface area contributed by atoms with Gasteiger partial charge in [-0.3, -0.25) is 0 Å². The number of benzene rings is 2. The molecule has 3 nitrogen and oxygen atoms in total. The second kappa shape index (κ2) is 6.73. The molecule has 0 aliphatic carbocycles. The monoisotopic (exact) mass is 311 g/mol. The summed E-state index contributed by atoms with van der Waals surface area (Å²) in [5.41, 5.74) is 1.76. The van der Waals surface area contributed by atoms with Crippen molar-refractivity contribution in [2.24, 2.45) is 0 Å². The molecule has 1 N–H and O–H groups in total. The van der Waals surface area contributed by atoms with Gasteiger partial charge in [-0.25, -0.2) is 0 Å². The van der Waals surface area contributed by atoms with Crippen LogP contribution >= 0.6 is 23.2 Å². The van der Waals surface area contributed by atoms with Crippen LogP contribution in [0.25, 0.3) is 0 Å². The average molecular weight is 312 g/mol. The molecule has 106 valence electrons. The van der Waals surface area contributed by atoms with Crippen molar-refractivity contribution in [2.45, 2.75) is 6.54 Å². The minimum Gasteiger partial charge on any atom is -0.497 e. The van der Waals surface area contributed by atoms with Crippen molar-refractivity contribution in [3.05, 3.63) is 52.0 Å². The third kappa shape index (κ3) is 3.50. The van der Waals surface area contributed by atoms with E-state index in [1.54, 1.807) is 32.4 Å². The fourth-order valence-electron chi connectivity index (χ4n) is 1.84. The zero-order valence-corrected chi connectivity index (χ0v) is 12.8. The Hall–Kier alpha value is -1.58. The molecule has 0 atom stereocenters. The fourth-order valence-corrected chi connectivity index (χ4v) is 2.20. The van der Waals surface area contributed by atoms with E-state index >= 15 is 0 Å². The highest BCUT2D eigenvalue weighted by Crippen LogP contribution is 2.28. The van der Waals surface area contributed by atoms with E-state index in [2.05, 4.69) is 5.32 Å². The molecule has 0 aliphatic rings. The van der Waals surface area contributed by atoms with E-state index in [0.29, 0.717) is 16.6 Å². The lowest BCUT2D eigenvalue weighted by atomic mass is 10.2. The van der Waals surface area contributed by atoms with Crippen LogP contribution in [0.1, 0.15) is 5.56 Å². The molecule has 0 spiro atoms. The van der Waals surface area contributed by atoms with Crippen molar-refractivity contribution in [1.82, 2.24) is 0 Å². The van der Waals surface area contributed by atoms with Crippen LogP contribution in [-0.4, -0.2) is 14.2 Å². The zero-order chi connectivity index (χ0) is 14.5. The molecule has 0 bridgehead atoms. The van der Waals surface area contributed by atoms with Crippen LogP contribution < -0.4 is 14.8 Å². The van der Waals surface area contributed by atoms with Gasteiger partial charge < -0.3 is 14.8 Å². The van der Waals surface area contributed by atoms with Crippen molar-refractivity contribution < 1.29 is 9.47 Å². The number of anilines is 1. The molecule has 20 heavy (non-hydrogen) atoms. The molecular formula is C15H15Cl2NO2. The molecule has 5 heteroatoms. The van der Waals surface area contributed by atoms with E-state index in [0.717, 1.165) is 22.7 Å². The van der Waals surface area contributed by atoms with Crippen molar-refractivity contribution in [2.75, 3.05) is 19.5 Å². The van der Waals surface area contributed by atoms with Gasteiger partial charge in [0.15, 0.2) is 0 Å². The summed E-state index contributed by atoms with van der Waals surface area (Å²) in [6, 6.07) is 10.9. The second-order valence-electron chi connectivity index (χ2n) is 4.16. The van der Waals surface area contributed by atoms with E-state index in [4.69, 9.17) is 32.7 Å². The summed E-state index contributed by atoms with van der Waals surface area (Å²) in [5, 5.41) is 4.50. The van der Waals surface area contributed by atoms with Gasteiger partial charge in [0.25, 0.3) is 0 Å². The van der Waals surface area contributed by atoms with Gasteiger partial charge in [0.1, 0.15) is 11.5 Å². The summed E-state index contributed by atoms with van der Waals surface area (Å²) in [6.07, 6.45) is 0. The fraction of sp³-hybridized carbons (Fsp3) is 0.200. The van der Waals surface area contributed by atoms with E-state index in [-0.39, 0.29) is 0 Å². The first kappa shape index (κ1) is 14.8. The molecule has 0 saturated carbocycles. The summed E-state index contributed by atoms with van der Waals surface area (Å²) in [4.78, 5) is 0. The Balaban J connectivity index is 2.19. The predicted octanol–water partition coefficient (Wildman–Crippen LogP) is 4.62. The van der Waals surface area contributed by atoms with Gasteiger partial charge in [-0.1, -0.05) is 23.2 Å². The summed E-state index contributed by atoms with van der Waals surface area (Å²) < 4.78 is 10.6. The standard InChI is InChI=1S/C15H15Cl2NO2/c1-19-12-4-6-15(20-2)10(7-12)9-18-14-8-11(16)3-5-13(14)17/h3-8,18H,9H2,1-2H3. The Bertz CT molecular complexity index is 602. The molecule has 0 aliphatic heterocycles. The van der Waals surface area contributed by atoms with E-state index in [9.17, 15) is 0 Å². The normalized spacial score (nSPS) is 10.2. The van der Waals surface area contributed by atoms with Crippen molar-refractivity contribution in [3.63, 3.8) is 0 Å². The summed E-state index contributed by atoms with van der Waals surface area (Å²) in [7, 11) is 3.27. The minimum absolute atomic E-state index is 0.556. The van der Waals surface area contributed by atoms with E-state index in [1.165, 1.54) is 0 Å². The van der Waals surface area contributed by atoms with Crippen LogP contribution in [0.4, 0.5) is 5.69 Å². The summed E-state index contributed by atoms with van der Waals surface area (Å²) in [6.45, 7) is 0.556. The maximum absolute atomic E-state index is 6.12. The van der Waals surface area contributed by atoms with Crippen molar-refractivity contribution >= 4 is 28.9 Å². The van der Waals surface area contributed by atoms with E-state index in [1.807, 2.05) is 18.2 Å². The van der Waals surface area contributed by atoms with Crippen molar-refractivity contribution in [1.29, 1.82) is 0 Å². The zero-order valence-electron chi connectivity index (χ0n) is 11.2. The number of hydrogen-bond acceptors (Lipinski definition) is 3. The number of ether oxygens (including phenoxy) is 2. The molecule has 2 aromatic carbocycles. The predicted molar refractivity (Wildman–Crippen MR) is 83.3 cm³/mol. The quantitative estimate of drug-likeness (QED) is 0.873. The first-order valence-corrected chi connectivity index (χ1v) is 6.79. The van der Waals surface area contributed by atoms with Gasteiger partial charge in [0.2, 0.25) is 0 Å². The molecular weight excluding hydrogens is 297 g/mol. The van der Waals surface area contributed by atoms with Crippen LogP contribution in [0, 0.1) is 0 Å². The lowest BCUT2D eigenvalue weighted by molar-refractivity contribution is 0.399. The lowest BCUT2D eigenvalue weighted by Gasteiger charge is -2.13. The van der Waals surface area contributed by atoms with E-state index < -0.39 is 0 Å². The topological polar surface area (TPSA) is 30.5 Å². The Morgan fingerprint density at radius 1 is 1.00 bits per heavy atom. The molecule has 0 heterocycles. The number of nitrogens with one attached hydrogen (secondary N) is 1. The minimum atomic E-state index is 0.556. The third-order valence-electron chi connectivity index (χ3n) is 2.89. The first-order valence-electron chi connectivity index (χ1n) is 6.04. The molecule has 0 fully saturated rings. The molecule has 0 radical (unpaired) electrons. The van der Waals surface area contributed by atoms with Gasteiger partial charge in [-0.15, -0.1) is 0 Å². The molecule has 2 rings (SSSR count). The highest BCUT2D eigenvalue weighted by molar-refractivity contribution is 6.35. The maximum atomic E-state index is 6.12.